The molecule has 5 nitrogen and oxygen atoms in total. The molecule has 2 N–H and O–H groups in total. The largest absolute Gasteiger partial charge is 0.493 e. The highest BCUT2D eigenvalue weighted by atomic mass is 16.5. The first-order valence-corrected chi connectivity index (χ1v) is 7.58. The van der Waals surface area contributed by atoms with Crippen LogP contribution in [0.25, 0.3) is 0 Å². The van der Waals surface area contributed by atoms with Gasteiger partial charge in [-0.3, -0.25) is 4.99 Å². The molecule has 0 radical (unpaired) electrons. The van der Waals surface area contributed by atoms with E-state index in [1.165, 1.54) is 5.56 Å². The van der Waals surface area contributed by atoms with Crippen LogP contribution >= 0.6 is 0 Å². The Hall–Kier alpha value is -1.75. The fourth-order valence-electron chi connectivity index (χ4n) is 2.42. The van der Waals surface area contributed by atoms with Gasteiger partial charge in [0.25, 0.3) is 0 Å². The van der Waals surface area contributed by atoms with Crippen molar-refractivity contribution in [1.82, 2.24) is 10.6 Å². The van der Waals surface area contributed by atoms with Crippen LogP contribution in [0.4, 0.5) is 0 Å². The predicted molar refractivity (Wildman–Crippen MR) is 85.2 cm³/mol. The molecule has 0 spiro atoms. The summed E-state index contributed by atoms with van der Waals surface area (Å²) in [5.74, 6) is 2.27. The second-order valence-electron chi connectivity index (χ2n) is 5.01. The minimum atomic E-state index is 0.424. The first-order valence-electron chi connectivity index (χ1n) is 7.58. The van der Waals surface area contributed by atoms with E-state index >= 15 is 0 Å². The summed E-state index contributed by atoms with van der Waals surface area (Å²) in [5, 5.41) is 6.52. The lowest BCUT2D eigenvalue weighted by Crippen LogP contribution is -2.39. The lowest BCUT2D eigenvalue weighted by Gasteiger charge is -2.25. The third-order valence-corrected chi connectivity index (χ3v) is 3.50. The van der Waals surface area contributed by atoms with Gasteiger partial charge in [0.15, 0.2) is 5.96 Å². The van der Waals surface area contributed by atoms with Gasteiger partial charge in [-0.25, -0.2) is 0 Å². The number of rotatable bonds is 6. The first-order chi connectivity index (χ1) is 10.3. The average molecular weight is 291 g/mol. The van der Waals surface area contributed by atoms with Gasteiger partial charge in [0.05, 0.1) is 13.2 Å². The Morgan fingerprint density at radius 2 is 2.24 bits per heavy atom. The summed E-state index contributed by atoms with van der Waals surface area (Å²) in [6, 6.07) is 8.25. The molecular weight excluding hydrogens is 266 g/mol. The molecule has 0 bridgehead atoms. The van der Waals surface area contributed by atoms with Gasteiger partial charge < -0.3 is 20.1 Å². The molecule has 1 atom stereocenters. The van der Waals surface area contributed by atoms with Crippen molar-refractivity contribution < 1.29 is 9.47 Å². The fraction of sp³-hybridized carbons (Fsp3) is 0.562. The minimum Gasteiger partial charge on any atom is -0.493 e. The van der Waals surface area contributed by atoms with Crippen molar-refractivity contribution in [3.63, 3.8) is 0 Å². The SMILES string of the molecule is CCNC(=NCC1CCOc2ccccc21)NCCOC. The van der Waals surface area contributed by atoms with E-state index in [2.05, 4.69) is 29.7 Å². The van der Waals surface area contributed by atoms with Gasteiger partial charge in [-0.05, 0) is 25.0 Å². The van der Waals surface area contributed by atoms with Gasteiger partial charge in [0, 0.05) is 32.7 Å². The van der Waals surface area contributed by atoms with Crippen LogP contribution in [0.1, 0.15) is 24.8 Å². The van der Waals surface area contributed by atoms with Crippen LogP contribution in [0, 0.1) is 0 Å². The van der Waals surface area contributed by atoms with Crippen molar-refractivity contribution in [3.05, 3.63) is 29.8 Å². The number of ether oxygens (including phenoxy) is 2. The summed E-state index contributed by atoms with van der Waals surface area (Å²) < 4.78 is 10.7. The minimum absolute atomic E-state index is 0.424. The second kappa shape index (κ2) is 8.52. The first kappa shape index (κ1) is 15.6. The van der Waals surface area contributed by atoms with Crippen LogP contribution < -0.4 is 15.4 Å². The molecule has 1 aromatic carbocycles. The zero-order valence-corrected chi connectivity index (χ0v) is 12.9. The highest BCUT2D eigenvalue weighted by Crippen LogP contribution is 2.33. The molecule has 5 heteroatoms. The fourth-order valence-corrected chi connectivity index (χ4v) is 2.42. The number of nitrogens with zero attached hydrogens (tertiary/aromatic N) is 1. The number of para-hydroxylation sites is 1. The Bertz CT molecular complexity index is 463. The van der Waals surface area contributed by atoms with Crippen molar-refractivity contribution >= 4 is 5.96 Å². The number of fused-ring (bicyclic) bond motifs is 1. The summed E-state index contributed by atoms with van der Waals surface area (Å²) in [6.07, 6.45) is 1.01. The molecular formula is C16H25N3O2. The molecule has 0 amide bonds. The van der Waals surface area contributed by atoms with E-state index in [0.717, 1.165) is 44.4 Å². The summed E-state index contributed by atoms with van der Waals surface area (Å²) in [6.45, 7) is 5.88. The van der Waals surface area contributed by atoms with Crippen LogP contribution in [0.5, 0.6) is 5.75 Å². The van der Waals surface area contributed by atoms with E-state index in [4.69, 9.17) is 14.5 Å². The highest BCUT2D eigenvalue weighted by molar-refractivity contribution is 5.79. The van der Waals surface area contributed by atoms with Gasteiger partial charge in [0.1, 0.15) is 5.75 Å². The number of guanidine groups is 1. The molecule has 21 heavy (non-hydrogen) atoms. The van der Waals surface area contributed by atoms with E-state index < -0.39 is 0 Å². The molecule has 1 heterocycles. The van der Waals surface area contributed by atoms with Crippen molar-refractivity contribution in [2.75, 3.05) is 40.0 Å². The Kier molecular flexibility index (Phi) is 6.34. The number of nitrogens with one attached hydrogen (secondary N) is 2. The monoisotopic (exact) mass is 291 g/mol. The quantitative estimate of drug-likeness (QED) is 0.476. The maximum atomic E-state index is 5.69. The number of hydrogen-bond donors (Lipinski definition) is 2. The molecule has 1 aliphatic rings. The Morgan fingerprint density at radius 1 is 1.38 bits per heavy atom. The van der Waals surface area contributed by atoms with Crippen molar-refractivity contribution in [2.24, 2.45) is 4.99 Å². The lowest BCUT2D eigenvalue weighted by atomic mass is 9.93. The summed E-state index contributed by atoms with van der Waals surface area (Å²) in [5.41, 5.74) is 1.26. The number of hydrogen-bond acceptors (Lipinski definition) is 3. The van der Waals surface area contributed by atoms with E-state index in [1.54, 1.807) is 7.11 Å². The molecule has 1 aromatic rings. The van der Waals surface area contributed by atoms with Gasteiger partial charge in [-0.15, -0.1) is 0 Å². The van der Waals surface area contributed by atoms with E-state index in [9.17, 15) is 0 Å². The number of methoxy groups -OCH3 is 1. The van der Waals surface area contributed by atoms with Crippen molar-refractivity contribution in [1.29, 1.82) is 0 Å². The van der Waals surface area contributed by atoms with Crippen molar-refractivity contribution in [2.45, 2.75) is 19.3 Å². The Balaban J connectivity index is 1.97. The molecule has 0 saturated carbocycles. The molecule has 0 saturated heterocycles. The van der Waals surface area contributed by atoms with Gasteiger partial charge in [0.2, 0.25) is 0 Å². The second-order valence-corrected chi connectivity index (χ2v) is 5.01. The van der Waals surface area contributed by atoms with E-state index in [1.807, 2.05) is 12.1 Å². The normalized spacial score (nSPS) is 17.8. The third-order valence-electron chi connectivity index (χ3n) is 3.50. The molecule has 116 valence electrons. The van der Waals surface area contributed by atoms with Crippen LogP contribution in [-0.2, 0) is 4.74 Å². The smallest absolute Gasteiger partial charge is 0.191 e. The lowest BCUT2D eigenvalue weighted by molar-refractivity contribution is 0.203. The van der Waals surface area contributed by atoms with Gasteiger partial charge in [-0.1, -0.05) is 18.2 Å². The topological polar surface area (TPSA) is 54.9 Å². The maximum Gasteiger partial charge on any atom is 0.191 e. The highest BCUT2D eigenvalue weighted by Gasteiger charge is 2.20. The molecule has 0 aromatic heterocycles. The number of benzene rings is 1. The zero-order chi connectivity index (χ0) is 14.9. The molecule has 1 aliphatic heterocycles. The standard InChI is InChI=1S/C16H25N3O2/c1-3-17-16(18-9-11-20-2)19-12-13-8-10-21-15-7-5-4-6-14(13)15/h4-7,13H,3,8-12H2,1-2H3,(H2,17,18,19). The maximum absolute atomic E-state index is 5.69. The summed E-state index contributed by atoms with van der Waals surface area (Å²) >= 11 is 0. The third kappa shape index (κ3) is 4.63. The van der Waals surface area contributed by atoms with E-state index in [-0.39, 0.29) is 0 Å². The van der Waals surface area contributed by atoms with Crippen molar-refractivity contribution in [3.8, 4) is 5.75 Å². The molecule has 0 fully saturated rings. The van der Waals surface area contributed by atoms with Crippen LogP contribution in [0.3, 0.4) is 0 Å². The van der Waals surface area contributed by atoms with Crippen LogP contribution in [-0.4, -0.2) is 45.9 Å². The average Bonchev–Trinajstić information content (AvgIpc) is 2.53. The zero-order valence-electron chi connectivity index (χ0n) is 12.9. The Labute approximate surface area is 126 Å². The predicted octanol–water partition coefficient (Wildman–Crippen LogP) is 1.75. The molecule has 0 aliphatic carbocycles. The van der Waals surface area contributed by atoms with Crippen LogP contribution in [0.2, 0.25) is 0 Å². The summed E-state index contributed by atoms with van der Waals surface area (Å²) in [4.78, 5) is 4.69. The van der Waals surface area contributed by atoms with Gasteiger partial charge >= 0.3 is 0 Å². The Morgan fingerprint density at radius 3 is 3.05 bits per heavy atom. The van der Waals surface area contributed by atoms with Crippen LogP contribution in [0.15, 0.2) is 29.3 Å². The van der Waals surface area contributed by atoms with E-state index in [0.29, 0.717) is 12.5 Å². The number of aliphatic imine (C=N–C) groups is 1. The molecule has 1 unspecified atom stereocenters. The molecule has 2 rings (SSSR count). The summed E-state index contributed by atoms with van der Waals surface area (Å²) in [7, 11) is 1.70. The van der Waals surface area contributed by atoms with Gasteiger partial charge in [-0.2, -0.15) is 0 Å².